The molecule has 12 atom stereocenters. The molecule has 3 saturated heterocycles. The van der Waals surface area contributed by atoms with Crippen molar-refractivity contribution >= 4 is 47.2 Å². The van der Waals surface area contributed by atoms with Crippen molar-refractivity contribution in [3.8, 4) is 34.1 Å². The van der Waals surface area contributed by atoms with Crippen molar-refractivity contribution in [2.75, 3.05) is 100 Å². The number of nitrogens with zero attached hydrogens (tertiary/aromatic N) is 1. The molecular formula is C79H95N3O24. The lowest BCUT2D eigenvalue weighted by Crippen LogP contribution is -2.63. The van der Waals surface area contributed by atoms with Crippen molar-refractivity contribution in [1.82, 2.24) is 15.5 Å². The number of hydrogen-bond acceptors (Lipinski definition) is 24. The molecule has 0 radical (unpaired) electrons. The molecule has 5 N–H and O–H groups in total. The third kappa shape index (κ3) is 19.5. The number of benzene rings is 5. The number of likely N-dealkylation sites (N-methyl/N-ethyl adjacent to an activating group) is 1. The number of rotatable bonds is 38. The SMILES string of the molecule is COc1cc([C@@H]2c3cc4c(cc3[C@@H](OC3OC5COC(C)OC5C(O)C3O)[C@H]3COC(=O)[C@H]23)OCO4)cc(CO)c1OC(=O)N(C)CCNC(=O)CNC(=O)C(CC(=O)C(CC(=O)CCC(=O)COCCOCCOCCCC(=O)OCC1c2ccccc2-c2ccccc21)Cc1ccccc1)CC(C)C. The molecule has 3 fully saturated rings. The normalized spacial score (nSPS) is 22.3. The number of amides is 3. The van der Waals surface area contributed by atoms with E-state index in [1.54, 1.807) is 31.2 Å². The van der Waals surface area contributed by atoms with Gasteiger partial charge in [-0.15, -0.1) is 0 Å². The lowest BCUT2D eigenvalue weighted by Gasteiger charge is -2.47. The smallest absolute Gasteiger partial charge is 0.415 e. The van der Waals surface area contributed by atoms with E-state index in [-0.39, 0.29) is 157 Å². The first-order chi connectivity index (χ1) is 51.3. The predicted molar refractivity (Wildman–Crippen MR) is 377 cm³/mol. The van der Waals surface area contributed by atoms with Crippen LogP contribution in [0.1, 0.15) is 123 Å². The molecule has 4 aliphatic heterocycles. The highest BCUT2D eigenvalue weighted by molar-refractivity contribution is 5.94. The molecule has 2 aliphatic carbocycles. The van der Waals surface area contributed by atoms with Gasteiger partial charge in [-0.2, -0.15) is 0 Å². The van der Waals surface area contributed by atoms with Crippen molar-refractivity contribution in [2.24, 2.45) is 29.6 Å². The summed E-state index contributed by atoms with van der Waals surface area (Å²) in [4.78, 5) is 109. The zero-order valence-electron chi connectivity index (χ0n) is 60.3. The molecule has 5 aromatic rings. The fourth-order valence-electron chi connectivity index (χ4n) is 14.7. The number of aliphatic hydroxyl groups excluding tert-OH is 3. The van der Waals surface area contributed by atoms with Gasteiger partial charge in [-0.3, -0.25) is 33.6 Å². The van der Waals surface area contributed by atoms with Gasteiger partial charge in [0.25, 0.3) is 0 Å². The molecule has 0 spiro atoms. The zero-order chi connectivity index (χ0) is 75.0. The minimum atomic E-state index is -1.55. The molecule has 8 unspecified atom stereocenters. The average molecular weight is 1470 g/mol. The standard InChI is InChI=1S/C79H95N3O24/c1-45(2)30-50(34-62(86)48(31-47-14-7-6-8-15-47)33-52(84)21-22-53(85)40-97-29-28-96-27-26-95-25-13-20-68(88)99-41-60-56-18-11-9-16-54(56)55-17-10-12-19-57(55)60)76(91)81-38-67(87)80-23-24-82(4)79(93)106-73-51(39-83)32-49(35-65(73)94-5)69-58-36-63-64(102-44-101-63)37-59(58)74(61-42-100-77(92)70(61)69)105-78-72(90)71(89)75-66(104-78)43-98-46(3)103-75/h6-12,14-19,32,35-37,45-46,48,50,60-61,66,69-72,74-75,78,83,89-90H,13,20-31,33-34,38-44H2,1-5H3,(H,80,87)(H,81,91)/t46?,48?,50?,61-,66?,69+,70-,71?,72?,74+,75?,78?/m0/s1. The van der Waals surface area contributed by atoms with E-state index < -0.39 is 110 Å². The number of ether oxygens (including phenoxy) is 13. The van der Waals surface area contributed by atoms with Gasteiger partial charge in [0.05, 0.1) is 71.9 Å². The number of carbonyl (C=O) groups is 8. The van der Waals surface area contributed by atoms with Crippen LogP contribution >= 0.6 is 0 Å². The van der Waals surface area contributed by atoms with Gasteiger partial charge < -0.3 is 92.4 Å². The van der Waals surface area contributed by atoms with E-state index in [1.807, 2.05) is 68.4 Å². The van der Waals surface area contributed by atoms with Gasteiger partial charge in [0, 0.05) is 94.0 Å². The van der Waals surface area contributed by atoms with E-state index in [4.69, 9.17) is 61.6 Å². The Hall–Kier alpha value is -8.74. The van der Waals surface area contributed by atoms with Crippen LogP contribution in [0.25, 0.3) is 11.1 Å². The Kier molecular flexibility index (Phi) is 27.5. The van der Waals surface area contributed by atoms with Crippen molar-refractivity contribution in [3.63, 3.8) is 0 Å². The summed E-state index contributed by atoms with van der Waals surface area (Å²) < 4.78 is 75.5. The first-order valence-corrected chi connectivity index (χ1v) is 36.3. The summed E-state index contributed by atoms with van der Waals surface area (Å²) >= 11 is 0. The summed E-state index contributed by atoms with van der Waals surface area (Å²) in [5.41, 5.74) is 7.17. The summed E-state index contributed by atoms with van der Waals surface area (Å²) in [6.45, 7) is 5.50. The molecule has 3 amide bonds. The molecule has 0 aromatic heterocycles. The fraction of sp³-hybridized carbons (Fsp3) is 0.519. The quantitative estimate of drug-likeness (QED) is 0.0201. The summed E-state index contributed by atoms with van der Waals surface area (Å²) in [7, 11) is 2.78. The largest absolute Gasteiger partial charge is 0.493 e. The number of aliphatic hydroxyl groups is 3. The number of esters is 2. The third-order valence-corrected chi connectivity index (χ3v) is 20.0. The number of carbonyl (C=O) groups excluding carboxylic acids is 8. The summed E-state index contributed by atoms with van der Waals surface area (Å²) in [6, 6.07) is 32.2. The number of methoxy groups -OCH3 is 1. The first-order valence-electron chi connectivity index (χ1n) is 36.3. The maximum absolute atomic E-state index is 14.2. The van der Waals surface area contributed by atoms with Crippen LogP contribution in [0, 0.1) is 29.6 Å². The van der Waals surface area contributed by atoms with Crippen LogP contribution in [-0.4, -0.2) is 204 Å². The highest BCUT2D eigenvalue weighted by Crippen LogP contribution is 2.57. The molecule has 27 nitrogen and oxygen atoms in total. The van der Waals surface area contributed by atoms with E-state index >= 15 is 0 Å². The van der Waals surface area contributed by atoms with Crippen LogP contribution in [0.2, 0.25) is 0 Å². The topological polar surface area (TPSA) is 345 Å². The first kappa shape index (κ1) is 78.3. The monoisotopic (exact) mass is 1470 g/mol. The van der Waals surface area contributed by atoms with Gasteiger partial charge in [0.2, 0.25) is 18.6 Å². The molecule has 5 aromatic carbocycles. The second kappa shape index (κ2) is 37.2. The molecule has 4 heterocycles. The molecular weight excluding hydrogens is 1370 g/mol. The molecule has 0 bridgehead atoms. The Morgan fingerprint density at radius 2 is 1.40 bits per heavy atom. The second-order valence-corrected chi connectivity index (χ2v) is 27.9. The maximum atomic E-state index is 14.2. The second-order valence-electron chi connectivity index (χ2n) is 27.9. The summed E-state index contributed by atoms with van der Waals surface area (Å²) in [5.74, 6) is -6.17. The maximum Gasteiger partial charge on any atom is 0.415 e. The number of hydrogen-bond donors (Lipinski definition) is 5. The summed E-state index contributed by atoms with van der Waals surface area (Å²) in [5, 5.41) is 38.8. The Morgan fingerprint density at radius 1 is 0.717 bits per heavy atom. The van der Waals surface area contributed by atoms with E-state index in [1.165, 1.54) is 30.2 Å². The Labute approximate surface area is 615 Å². The highest BCUT2D eigenvalue weighted by atomic mass is 16.8. The lowest BCUT2D eigenvalue weighted by atomic mass is 9.66. The molecule has 11 rings (SSSR count). The predicted octanol–water partition coefficient (Wildman–Crippen LogP) is 6.75. The third-order valence-electron chi connectivity index (χ3n) is 20.0. The molecule has 106 heavy (non-hydrogen) atoms. The van der Waals surface area contributed by atoms with Crippen molar-refractivity contribution in [3.05, 3.63) is 142 Å². The fourth-order valence-corrected chi connectivity index (χ4v) is 14.7. The van der Waals surface area contributed by atoms with Gasteiger partial charge in [-0.25, -0.2) is 4.79 Å². The van der Waals surface area contributed by atoms with Crippen molar-refractivity contribution in [2.45, 2.75) is 134 Å². The number of Topliss-reactive ketones (excluding diaryl/α,β-unsaturated/α-hetero) is 3. The van der Waals surface area contributed by atoms with Crippen molar-refractivity contribution < 1.29 is 115 Å². The van der Waals surface area contributed by atoms with E-state index in [2.05, 4.69) is 34.9 Å². The Balaban J connectivity index is 0.602. The van der Waals surface area contributed by atoms with Crippen molar-refractivity contribution in [1.29, 1.82) is 0 Å². The van der Waals surface area contributed by atoms with Crippen LogP contribution in [0.3, 0.4) is 0 Å². The number of ketones is 3. The minimum Gasteiger partial charge on any atom is -0.493 e. The molecule has 6 aliphatic rings. The van der Waals surface area contributed by atoms with Crippen LogP contribution in [0.5, 0.6) is 23.0 Å². The number of nitrogens with one attached hydrogen (secondary N) is 2. The zero-order valence-corrected chi connectivity index (χ0v) is 60.3. The number of cyclic esters (lactones) is 1. The van der Waals surface area contributed by atoms with Crippen LogP contribution in [-0.2, 0) is 89.2 Å². The van der Waals surface area contributed by atoms with Crippen LogP contribution in [0.15, 0.2) is 103 Å². The van der Waals surface area contributed by atoms with E-state index in [9.17, 15) is 53.7 Å². The van der Waals surface area contributed by atoms with Crippen LogP contribution in [0.4, 0.5) is 4.79 Å². The average Bonchev–Trinajstić information content (AvgIpc) is 1.41. The Bertz CT molecular complexity index is 3830. The summed E-state index contributed by atoms with van der Waals surface area (Å²) in [6.07, 6.45) is -7.73. The van der Waals surface area contributed by atoms with Gasteiger partial charge in [0.15, 0.2) is 41.4 Å². The minimum absolute atomic E-state index is 0.000270. The lowest BCUT2D eigenvalue weighted by molar-refractivity contribution is -0.364. The number of fused-ring (bicyclic) bond motifs is 7. The highest BCUT2D eigenvalue weighted by Gasteiger charge is 2.56. The Morgan fingerprint density at radius 3 is 2.10 bits per heavy atom. The van der Waals surface area contributed by atoms with Gasteiger partial charge >= 0.3 is 18.0 Å². The van der Waals surface area contributed by atoms with E-state index in [0.29, 0.717) is 54.2 Å². The molecule has 27 heteroatoms. The van der Waals surface area contributed by atoms with Gasteiger partial charge in [-0.1, -0.05) is 92.7 Å². The van der Waals surface area contributed by atoms with Gasteiger partial charge in [0.1, 0.15) is 49.2 Å². The van der Waals surface area contributed by atoms with E-state index in [0.717, 1.165) is 16.7 Å². The molecule has 0 saturated carbocycles. The van der Waals surface area contributed by atoms with Crippen LogP contribution < -0.4 is 29.6 Å². The van der Waals surface area contributed by atoms with Gasteiger partial charge in [-0.05, 0) is 101 Å². The molecule has 570 valence electrons.